The molecule has 0 atom stereocenters. The van der Waals surface area contributed by atoms with E-state index in [4.69, 9.17) is 4.52 Å². The Labute approximate surface area is 140 Å². The molecule has 0 amide bonds. The first-order valence-electron chi connectivity index (χ1n) is 6.65. The zero-order chi connectivity index (χ0) is 15.7. The fourth-order valence-electron chi connectivity index (χ4n) is 2.32. The molecule has 0 aliphatic heterocycles. The van der Waals surface area contributed by atoms with E-state index in [1.807, 2.05) is 26.0 Å². The molecule has 112 valence electrons. The van der Waals surface area contributed by atoms with Crippen LogP contribution in [0.15, 0.2) is 41.2 Å². The number of hydrogen-bond acceptors (Lipinski definition) is 4. The third-order valence-corrected chi connectivity index (χ3v) is 4.00. The van der Waals surface area contributed by atoms with Crippen LogP contribution in [0.4, 0.5) is 15.8 Å². The van der Waals surface area contributed by atoms with Crippen molar-refractivity contribution in [2.24, 2.45) is 0 Å². The molecule has 0 bridgehead atoms. The average molecular weight is 409 g/mol. The van der Waals surface area contributed by atoms with Crippen LogP contribution in [0.2, 0.25) is 0 Å². The zero-order valence-corrected chi connectivity index (χ0v) is 14.2. The summed E-state index contributed by atoms with van der Waals surface area (Å²) in [5.41, 5.74) is 3.67. The Hall–Kier alpha value is -1.96. The first-order chi connectivity index (χ1) is 10.6. The summed E-state index contributed by atoms with van der Waals surface area (Å²) in [6.07, 6.45) is 3.36. The van der Waals surface area contributed by atoms with E-state index in [2.05, 4.69) is 38.0 Å². The summed E-state index contributed by atoms with van der Waals surface area (Å²) in [7, 11) is 0. The SMILES string of the molecule is Cc1noc(C)c1-c1ccncc1Nc1ccc(I)cc1F. The van der Waals surface area contributed by atoms with Gasteiger partial charge in [-0.2, -0.15) is 0 Å². The molecule has 0 unspecified atom stereocenters. The molecule has 3 aromatic rings. The van der Waals surface area contributed by atoms with Gasteiger partial charge in [0.2, 0.25) is 0 Å². The van der Waals surface area contributed by atoms with Crippen molar-refractivity contribution < 1.29 is 8.91 Å². The molecule has 3 rings (SSSR count). The van der Waals surface area contributed by atoms with E-state index in [0.29, 0.717) is 11.4 Å². The van der Waals surface area contributed by atoms with Crippen molar-refractivity contribution >= 4 is 34.0 Å². The lowest BCUT2D eigenvalue weighted by Gasteiger charge is -2.12. The largest absolute Gasteiger partial charge is 0.361 e. The second-order valence-electron chi connectivity index (χ2n) is 4.87. The Balaban J connectivity index is 2.06. The highest BCUT2D eigenvalue weighted by Gasteiger charge is 2.16. The van der Waals surface area contributed by atoms with Crippen LogP contribution in [0.5, 0.6) is 0 Å². The van der Waals surface area contributed by atoms with Gasteiger partial charge in [0.25, 0.3) is 0 Å². The van der Waals surface area contributed by atoms with Crippen molar-refractivity contribution in [3.8, 4) is 11.1 Å². The van der Waals surface area contributed by atoms with Gasteiger partial charge in [-0.05, 0) is 60.7 Å². The molecule has 0 radical (unpaired) electrons. The van der Waals surface area contributed by atoms with Gasteiger partial charge in [0.05, 0.1) is 23.3 Å². The number of benzene rings is 1. The number of rotatable bonds is 3. The standard InChI is InChI=1S/C16H13FIN3O/c1-9-16(10(2)22-21-9)12-5-6-19-8-15(12)20-14-4-3-11(18)7-13(14)17/h3-8,20H,1-2H3. The molecular weight excluding hydrogens is 396 g/mol. The number of nitrogens with zero attached hydrogens (tertiary/aromatic N) is 2. The topological polar surface area (TPSA) is 51.0 Å². The lowest BCUT2D eigenvalue weighted by atomic mass is 10.0. The highest BCUT2D eigenvalue weighted by molar-refractivity contribution is 14.1. The van der Waals surface area contributed by atoms with E-state index in [9.17, 15) is 4.39 Å². The second kappa shape index (κ2) is 6.04. The van der Waals surface area contributed by atoms with Gasteiger partial charge in [0, 0.05) is 20.9 Å². The number of aromatic nitrogens is 2. The van der Waals surface area contributed by atoms with E-state index < -0.39 is 0 Å². The maximum atomic E-state index is 14.1. The summed E-state index contributed by atoms with van der Waals surface area (Å²) in [5.74, 6) is 0.412. The van der Waals surface area contributed by atoms with Crippen molar-refractivity contribution in [1.29, 1.82) is 0 Å². The van der Waals surface area contributed by atoms with Gasteiger partial charge in [-0.25, -0.2) is 4.39 Å². The average Bonchev–Trinajstić information content (AvgIpc) is 2.82. The second-order valence-corrected chi connectivity index (χ2v) is 6.12. The molecule has 0 saturated heterocycles. The molecule has 0 aliphatic carbocycles. The summed E-state index contributed by atoms with van der Waals surface area (Å²) >= 11 is 2.08. The van der Waals surface area contributed by atoms with Crippen molar-refractivity contribution in [3.05, 3.63) is 57.5 Å². The molecule has 4 nitrogen and oxygen atoms in total. The molecule has 0 fully saturated rings. The Morgan fingerprint density at radius 2 is 2.00 bits per heavy atom. The molecule has 2 heterocycles. The monoisotopic (exact) mass is 409 g/mol. The van der Waals surface area contributed by atoms with Crippen molar-refractivity contribution in [3.63, 3.8) is 0 Å². The van der Waals surface area contributed by atoms with Gasteiger partial charge < -0.3 is 9.84 Å². The lowest BCUT2D eigenvalue weighted by molar-refractivity contribution is 0.393. The summed E-state index contributed by atoms with van der Waals surface area (Å²) in [5, 5.41) is 7.07. The summed E-state index contributed by atoms with van der Waals surface area (Å²) in [6, 6.07) is 6.90. The number of nitrogens with one attached hydrogen (secondary N) is 1. The molecule has 0 spiro atoms. The first-order valence-corrected chi connectivity index (χ1v) is 7.73. The predicted molar refractivity (Wildman–Crippen MR) is 91.6 cm³/mol. The van der Waals surface area contributed by atoms with Gasteiger partial charge in [-0.1, -0.05) is 5.16 Å². The van der Waals surface area contributed by atoms with Gasteiger partial charge >= 0.3 is 0 Å². The van der Waals surface area contributed by atoms with E-state index >= 15 is 0 Å². The number of pyridine rings is 1. The molecule has 2 aromatic heterocycles. The van der Waals surface area contributed by atoms with E-state index in [1.165, 1.54) is 6.07 Å². The number of anilines is 2. The lowest BCUT2D eigenvalue weighted by Crippen LogP contribution is -1.98. The molecule has 22 heavy (non-hydrogen) atoms. The highest BCUT2D eigenvalue weighted by atomic mass is 127. The Morgan fingerprint density at radius 3 is 2.68 bits per heavy atom. The van der Waals surface area contributed by atoms with Gasteiger partial charge in [0.15, 0.2) is 0 Å². The highest BCUT2D eigenvalue weighted by Crippen LogP contribution is 2.34. The van der Waals surface area contributed by atoms with Crippen LogP contribution >= 0.6 is 22.6 Å². The number of aryl methyl sites for hydroxylation is 2. The zero-order valence-electron chi connectivity index (χ0n) is 12.0. The van der Waals surface area contributed by atoms with Gasteiger partial charge in [0.1, 0.15) is 11.6 Å². The maximum absolute atomic E-state index is 14.1. The van der Waals surface area contributed by atoms with Crippen molar-refractivity contribution in [2.75, 3.05) is 5.32 Å². The van der Waals surface area contributed by atoms with Crippen LogP contribution in [0.25, 0.3) is 11.1 Å². The fourth-order valence-corrected chi connectivity index (χ4v) is 2.77. The summed E-state index contributed by atoms with van der Waals surface area (Å²) in [6.45, 7) is 3.73. The first kappa shape index (κ1) is 15.0. The number of hydrogen-bond donors (Lipinski definition) is 1. The Bertz CT molecular complexity index is 813. The van der Waals surface area contributed by atoms with Crippen LogP contribution in [0, 0.1) is 23.2 Å². The molecule has 1 aromatic carbocycles. The molecular formula is C16H13FIN3O. The van der Waals surface area contributed by atoms with E-state index in [1.54, 1.807) is 18.5 Å². The van der Waals surface area contributed by atoms with Gasteiger partial charge in [-0.15, -0.1) is 0 Å². The summed E-state index contributed by atoms with van der Waals surface area (Å²) < 4.78 is 20.1. The molecule has 1 N–H and O–H groups in total. The third kappa shape index (κ3) is 2.83. The van der Waals surface area contributed by atoms with Crippen molar-refractivity contribution in [1.82, 2.24) is 10.1 Å². The molecule has 0 saturated carbocycles. The van der Waals surface area contributed by atoms with Crippen LogP contribution in [-0.2, 0) is 0 Å². The minimum Gasteiger partial charge on any atom is -0.361 e. The molecule has 6 heteroatoms. The minimum absolute atomic E-state index is 0.305. The third-order valence-electron chi connectivity index (χ3n) is 3.32. The van der Waals surface area contributed by atoms with Crippen LogP contribution in [0.3, 0.4) is 0 Å². The van der Waals surface area contributed by atoms with Gasteiger partial charge in [-0.3, -0.25) is 4.98 Å². The maximum Gasteiger partial charge on any atom is 0.147 e. The van der Waals surface area contributed by atoms with Crippen LogP contribution in [-0.4, -0.2) is 10.1 Å². The quantitative estimate of drug-likeness (QED) is 0.629. The van der Waals surface area contributed by atoms with E-state index in [-0.39, 0.29) is 5.82 Å². The van der Waals surface area contributed by atoms with Crippen LogP contribution < -0.4 is 5.32 Å². The number of halogens is 2. The normalized spacial score (nSPS) is 10.7. The van der Waals surface area contributed by atoms with E-state index in [0.717, 1.165) is 26.2 Å². The molecule has 0 aliphatic rings. The Kier molecular flexibility index (Phi) is 4.10. The summed E-state index contributed by atoms with van der Waals surface area (Å²) in [4.78, 5) is 4.12. The smallest absolute Gasteiger partial charge is 0.147 e. The Morgan fingerprint density at radius 1 is 1.18 bits per heavy atom. The predicted octanol–water partition coefficient (Wildman–Crippen LogP) is 4.84. The minimum atomic E-state index is -0.305. The van der Waals surface area contributed by atoms with Crippen LogP contribution in [0.1, 0.15) is 11.5 Å². The fraction of sp³-hybridized carbons (Fsp3) is 0.125. The van der Waals surface area contributed by atoms with Crippen molar-refractivity contribution in [2.45, 2.75) is 13.8 Å².